The maximum atomic E-state index is 13.5. The van der Waals surface area contributed by atoms with Crippen molar-refractivity contribution in [3.63, 3.8) is 0 Å². The molecular weight excluding hydrogens is 259 g/mol. The van der Waals surface area contributed by atoms with Crippen molar-refractivity contribution in [2.75, 3.05) is 19.4 Å². The van der Waals surface area contributed by atoms with Crippen LogP contribution in [0.25, 0.3) is 0 Å². The molecule has 1 aliphatic heterocycles. The van der Waals surface area contributed by atoms with Crippen LogP contribution in [-0.2, 0) is 10.6 Å². The third-order valence-electron chi connectivity index (χ3n) is 3.13. The molecule has 0 aromatic carbocycles. The average molecular weight is 274 g/mol. The van der Waals surface area contributed by atoms with Gasteiger partial charge in [-0.15, -0.1) is 0 Å². The van der Waals surface area contributed by atoms with Crippen LogP contribution >= 0.6 is 0 Å². The van der Waals surface area contributed by atoms with Crippen LogP contribution < -0.4 is 16.7 Å². The van der Waals surface area contributed by atoms with Crippen molar-refractivity contribution >= 4 is 5.82 Å². The van der Waals surface area contributed by atoms with Crippen LogP contribution in [0.15, 0.2) is 11.0 Å². The quantitative estimate of drug-likeness (QED) is 0.499. The first-order valence-corrected chi connectivity index (χ1v) is 5.64. The van der Waals surface area contributed by atoms with Gasteiger partial charge in [0.1, 0.15) is 6.10 Å². The molecule has 0 bridgehead atoms. The van der Waals surface area contributed by atoms with Crippen LogP contribution in [0.3, 0.4) is 0 Å². The first-order chi connectivity index (χ1) is 8.93. The Hall–Kier alpha value is -1.55. The van der Waals surface area contributed by atoms with Crippen LogP contribution in [0.2, 0.25) is 0 Å². The number of halogens is 1. The normalized spacial score (nSPS) is 30.7. The van der Waals surface area contributed by atoms with Gasteiger partial charge in [0.25, 0.3) is 0 Å². The summed E-state index contributed by atoms with van der Waals surface area (Å²) < 4.78 is 19.8. The lowest BCUT2D eigenvalue weighted by Gasteiger charge is -2.30. The minimum Gasteiger partial charge on any atom is -0.394 e. The van der Waals surface area contributed by atoms with Gasteiger partial charge in [-0.05, 0) is 7.05 Å². The third kappa shape index (κ3) is 2.21. The number of hydrogen-bond donors (Lipinski definition) is 4. The zero-order chi connectivity index (χ0) is 14.2. The predicted octanol–water partition coefficient (Wildman–Crippen LogP) is -2.06. The molecule has 0 spiro atoms. The summed E-state index contributed by atoms with van der Waals surface area (Å²) in [5, 5.41) is 21.5. The predicted molar refractivity (Wildman–Crippen MR) is 62.5 cm³/mol. The number of ether oxygens (including phenoxy) is 1. The molecule has 1 saturated heterocycles. The highest BCUT2D eigenvalue weighted by Crippen LogP contribution is 2.31. The Labute approximate surface area is 107 Å². The van der Waals surface area contributed by atoms with E-state index in [1.54, 1.807) is 0 Å². The molecule has 1 aromatic rings. The summed E-state index contributed by atoms with van der Waals surface area (Å²) in [6.07, 6.45) is -1.06. The van der Waals surface area contributed by atoms with E-state index in [9.17, 15) is 14.3 Å². The second-order valence-electron chi connectivity index (χ2n) is 4.27. The molecule has 0 saturated carbocycles. The van der Waals surface area contributed by atoms with Crippen LogP contribution in [0.5, 0.6) is 0 Å². The molecule has 5 N–H and O–H groups in total. The smallest absolute Gasteiger partial charge is 0.353 e. The molecule has 9 heteroatoms. The van der Waals surface area contributed by atoms with Gasteiger partial charge in [0.2, 0.25) is 5.85 Å². The maximum Gasteiger partial charge on any atom is 0.353 e. The monoisotopic (exact) mass is 274 g/mol. The SMILES string of the molecule is CN[C@]1(n2cc(F)c(N)nc2=O)C[C@H](O)[C@@H](CO)O1. The number of nitrogen functional groups attached to an aromatic ring is 1. The first kappa shape index (κ1) is 13.9. The van der Waals surface area contributed by atoms with Crippen LogP contribution in [0.1, 0.15) is 6.42 Å². The van der Waals surface area contributed by atoms with E-state index in [0.29, 0.717) is 0 Å². The first-order valence-electron chi connectivity index (χ1n) is 5.64. The van der Waals surface area contributed by atoms with Gasteiger partial charge in [-0.3, -0.25) is 9.88 Å². The van der Waals surface area contributed by atoms with Gasteiger partial charge in [-0.1, -0.05) is 0 Å². The number of aliphatic hydroxyl groups is 2. The van der Waals surface area contributed by atoms with Gasteiger partial charge in [-0.25, -0.2) is 9.18 Å². The number of nitrogens with zero attached hydrogens (tertiary/aromatic N) is 2. The summed E-state index contributed by atoms with van der Waals surface area (Å²) in [4.78, 5) is 15.1. The third-order valence-corrected chi connectivity index (χ3v) is 3.13. The largest absolute Gasteiger partial charge is 0.394 e. The molecule has 0 amide bonds. The number of nitrogens with two attached hydrogens (primary N) is 1. The van der Waals surface area contributed by atoms with E-state index in [1.165, 1.54) is 7.05 Å². The molecule has 0 unspecified atom stereocenters. The van der Waals surface area contributed by atoms with Gasteiger partial charge in [0.05, 0.1) is 18.9 Å². The molecule has 1 aliphatic rings. The summed E-state index contributed by atoms with van der Waals surface area (Å²) in [6, 6.07) is 0. The van der Waals surface area contributed by atoms with Crippen LogP contribution in [0.4, 0.5) is 10.2 Å². The topological polar surface area (TPSA) is 123 Å². The molecule has 2 heterocycles. The summed E-state index contributed by atoms with van der Waals surface area (Å²) in [5.41, 5.74) is 4.38. The number of anilines is 1. The molecule has 3 atom stereocenters. The minimum atomic E-state index is -1.47. The number of nitrogens with one attached hydrogen (secondary N) is 1. The molecule has 0 aliphatic carbocycles. The molecule has 0 radical (unpaired) electrons. The van der Waals surface area contributed by atoms with Crippen molar-refractivity contribution in [2.45, 2.75) is 24.5 Å². The fourth-order valence-electron chi connectivity index (χ4n) is 2.09. The van der Waals surface area contributed by atoms with E-state index >= 15 is 0 Å². The highest BCUT2D eigenvalue weighted by atomic mass is 19.1. The molecule has 2 rings (SSSR count). The van der Waals surface area contributed by atoms with E-state index in [2.05, 4.69) is 10.3 Å². The fourth-order valence-corrected chi connectivity index (χ4v) is 2.09. The molecule has 19 heavy (non-hydrogen) atoms. The zero-order valence-electron chi connectivity index (χ0n) is 10.2. The molecule has 1 aromatic heterocycles. The van der Waals surface area contributed by atoms with Crippen LogP contribution in [-0.4, -0.2) is 45.6 Å². The van der Waals surface area contributed by atoms with E-state index in [0.717, 1.165) is 10.8 Å². The molecule has 1 fully saturated rings. The van der Waals surface area contributed by atoms with Crippen molar-refractivity contribution in [2.24, 2.45) is 0 Å². The van der Waals surface area contributed by atoms with Crippen molar-refractivity contribution in [1.29, 1.82) is 0 Å². The number of aromatic nitrogens is 2. The lowest BCUT2D eigenvalue weighted by atomic mass is 10.1. The van der Waals surface area contributed by atoms with Gasteiger partial charge in [0, 0.05) is 6.42 Å². The van der Waals surface area contributed by atoms with Gasteiger partial charge < -0.3 is 20.7 Å². The van der Waals surface area contributed by atoms with Crippen LogP contribution in [0, 0.1) is 5.82 Å². The summed E-state index contributed by atoms with van der Waals surface area (Å²) in [7, 11) is 1.48. The lowest BCUT2D eigenvalue weighted by Crippen LogP contribution is -2.51. The highest BCUT2D eigenvalue weighted by molar-refractivity contribution is 5.26. The Morgan fingerprint density at radius 3 is 3.00 bits per heavy atom. The van der Waals surface area contributed by atoms with Crippen molar-refractivity contribution < 1.29 is 19.3 Å². The van der Waals surface area contributed by atoms with Gasteiger partial charge in [-0.2, -0.15) is 4.98 Å². The van der Waals surface area contributed by atoms with Crippen molar-refractivity contribution in [3.8, 4) is 0 Å². The van der Waals surface area contributed by atoms with E-state index in [-0.39, 0.29) is 6.42 Å². The van der Waals surface area contributed by atoms with E-state index < -0.39 is 42.0 Å². The minimum absolute atomic E-state index is 0.0420. The Balaban J connectivity index is 2.49. The van der Waals surface area contributed by atoms with Crippen molar-refractivity contribution in [1.82, 2.24) is 14.9 Å². The van der Waals surface area contributed by atoms with Crippen molar-refractivity contribution in [3.05, 3.63) is 22.5 Å². The van der Waals surface area contributed by atoms with Gasteiger partial charge >= 0.3 is 5.69 Å². The zero-order valence-corrected chi connectivity index (χ0v) is 10.2. The second-order valence-corrected chi connectivity index (χ2v) is 4.27. The Bertz CT molecular complexity index is 537. The average Bonchev–Trinajstić information content (AvgIpc) is 2.71. The number of aliphatic hydroxyl groups excluding tert-OH is 2. The Kier molecular flexibility index (Phi) is 3.54. The lowest BCUT2D eigenvalue weighted by molar-refractivity contribution is -0.136. The Morgan fingerprint density at radius 2 is 2.47 bits per heavy atom. The molecule has 8 nitrogen and oxygen atoms in total. The maximum absolute atomic E-state index is 13.5. The van der Waals surface area contributed by atoms with E-state index in [4.69, 9.17) is 15.6 Å². The molecule has 106 valence electrons. The fraction of sp³-hybridized carbons (Fsp3) is 0.600. The number of hydrogen-bond acceptors (Lipinski definition) is 7. The summed E-state index contributed by atoms with van der Waals surface area (Å²) in [5.74, 6) is -2.85. The Morgan fingerprint density at radius 1 is 1.79 bits per heavy atom. The second kappa shape index (κ2) is 4.85. The summed E-state index contributed by atoms with van der Waals surface area (Å²) in [6.45, 7) is -0.426. The standard InChI is InChI=1S/C10H15FN4O4/c1-13-10(2-6(17)7(4-16)19-10)15-3-5(11)8(12)14-9(15)18/h3,6-7,13,16-17H,2,4H2,1H3,(H2,12,14,18)/t6-,7+,10-/m0/s1. The molecular formula is C10H15FN4O4. The van der Waals surface area contributed by atoms with E-state index in [1.807, 2.05) is 0 Å². The number of rotatable bonds is 3. The highest BCUT2D eigenvalue weighted by Gasteiger charge is 2.47. The van der Waals surface area contributed by atoms with Gasteiger partial charge in [0.15, 0.2) is 11.6 Å². The summed E-state index contributed by atoms with van der Waals surface area (Å²) >= 11 is 0.